The summed E-state index contributed by atoms with van der Waals surface area (Å²) in [4.78, 5) is 8.19. The lowest BCUT2D eigenvalue weighted by Crippen LogP contribution is -1.90. The fraction of sp³-hybridized carbons (Fsp3) is 0.200. The van der Waals surface area contributed by atoms with E-state index >= 15 is 0 Å². The van der Waals surface area contributed by atoms with Crippen molar-refractivity contribution in [2.45, 2.75) is 13.3 Å². The molecule has 0 aliphatic carbocycles. The van der Waals surface area contributed by atoms with E-state index in [0.29, 0.717) is 5.15 Å². The van der Waals surface area contributed by atoms with Gasteiger partial charge in [0.2, 0.25) is 0 Å². The van der Waals surface area contributed by atoms with E-state index in [0.717, 1.165) is 21.8 Å². The Bertz CT molecular complexity index is 485. The van der Waals surface area contributed by atoms with E-state index in [9.17, 15) is 0 Å². The maximum Gasteiger partial charge on any atom is 0.140 e. The minimum Gasteiger partial charge on any atom is -0.236 e. The Morgan fingerprint density at radius 2 is 2.14 bits per heavy atom. The van der Waals surface area contributed by atoms with Crippen molar-refractivity contribution in [3.8, 4) is 0 Å². The highest BCUT2D eigenvalue weighted by molar-refractivity contribution is 9.10. The Morgan fingerprint density at radius 3 is 2.86 bits per heavy atom. The van der Waals surface area contributed by atoms with Gasteiger partial charge in [-0.15, -0.1) is 0 Å². The molecule has 0 fully saturated rings. The van der Waals surface area contributed by atoms with Gasteiger partial charge in [-0.05, 0) is 24.1 Å². The first-order chi connectivity index (χ1) is 6.72. The van der Waals surface area contributed by atoms with Gasteiger partial charge >= 0.3 is 0 Å². The van der Waals surface area contributed by atoms with Crippen LogP contribution < -0.4 is 0 Å². The number of halogens is 2. The minimum atomic E-state index is 0.506. The molecule has 14 heavy (non-hydrogen) atoms. The van der Waals surface area contributed by atoms with Crippen LogP contribution in [0.5, 0.6) is 0 Å². The summed E-state index contributed by atoms with van der Waals surface area (Å²) in [5, 5.41) is 1.41. The zero-order valence-corrected chi connectivity index (χ0v) is 9.93. The van der Waals surface area contributed by atoms with E-state index < -0.39 is 0 Å². The number of benzene rings is 1. The molecule has 0 aliphatic heterocycles. The van der Waals surface area contributed by atoms with Crippen molar-refractivity contribution < 1.29 is 0 Å². The molecule has 1 aromatic carbocycles. The summed E-state index contributed by atoms with van der Waals surface area (Å²) in [6.07, 6.45) is 2.43. The van der Waals surface area contributed by atoms with Crippen molar-refractivity contribution in [3.63, 3.8) is 0 Å². The predicted molar refractivity (Wildman–Crippen MR) is 61.6 cm³/mol. The van der Waals surface area contributed by atoms with Gasteiger partial charge in [-0.1, -0.05) is 34.5 Å². The number of nitrogens with zero attached hydrogens (tertiary/aromatic N) is 2. The molecule has 2 aromatic rings. The van der Waals surface area contributed by atoms with Crippen LogP contribution in [0.3, 0.4) is 0 Å². The molecule has 0 saturated heterocycles. The lowest BCUT2D eigenvalue weighted by Gasteiger charge is -2.04. The molecular formula is C10H8BrClN2. The summed E-state index contributed by atoms with van der Waals surface area (Å²) in [5.74, 6) is 0. The molecule has 1 heterocycles. The number of hydrogen-bond donors (Lipinski definition) is 0. The summed E-state index contributed by atoms with van der Waals surface area (Å²) >= 11 is 9.43. The average Bonchev–Trinajstić information content (AvgIpc) is 2.18. The first-order valence-electron chi connectivity index (χ1n) is 4.31. The van der Waals surface area contributed by atoms with Crippen LogP contribution in [0.1, 0.15) is 12.5 Å². The van der Waals surface area contributed by atoms with Crippen molar-refractivity contribution in [2.75, 3.05) is 0 Å². The van der Waals surface area contributed by atoms with Gasteiger partial charge in [0.05, 0.1) is 5.52 Å². The van der Waals surface area contributed by atoms with Crippen molar-refractivity contribution in [2.24, 2.45) is 0 Å². The number of fused-ring (bicyclic) bond motifs is 1. The number of hydrogen-bond acceptors (Lipinski definition) is 2. The fourth-order valence-electron chi connectivity index (χ4n) is 1.44. The van der Waals surface area contributed by atoms with Crippen LogP contribution in [0.25, 0.3) is 10.9 Å². The van der Waals surface area contributed by atoms with Crippen LogP contribution in [0, 0.1) is 0 Å². The van der Waals surface area contributed by atoms with Gasteiger partial charge in [-0.25, -0.2) is 9.97 Å². The number of aromatic nitrogens is 2. The molecule has 0 saturated carbocycles. The summed E-state index contributed by atoms with van der Waals surface area (Å²) in [6, 6.07) is 4.00. The van der Waals surface area contributed by atoms with Crippen LogP contribution in [0.4, 0.5) is 0 Å². The van der Waals surface area contributed by atoms with Crippen LogP contribution in [0.2, 0.25) is 5.15 Å². The van der Waals surface area contributed by atoms with E-state index in [4.69, 9.17) is 11.6 Å². The summed E-state index contributed by atoms with van der Waals surface area (Å²) in [5.41, 5.74) is 2.12. The molecule has 0 radical (unpaired) electrons. The van der Waals surface area contributed by atoms with Gasteiger partial charge in [0.1, 0.15) is 11.5 Å². The third kappa shape index (κ3) is 1.62. The molecule has 0 aliphatic rings. The smallest absolute Gasteiger partial charge is 0.140 e. The summed E-state index contributed by atoms with van der Waals surface area (Å²) in [7, 11) is 0. The van der Waals surface area contributed by atoms with Gasteiger partial charge in [-0.3, -0.25) is 0 Å². The van der Waals surface area contributed by atoms with E-state index in [1.807, 2.05) is 6.07 Å². The molecule has 2 rings (SSSR count). The third-order valence-electron chi connectivity index (χ3n) is 2.11. The average molecular weight is 272 g/mol. The highest BCUT2D eigenvalue weighted by Gasteiger charge is 2.06. The van der Waals surface area contributed by atoms with E-state index in [1.54, 1.807) is 0 Å². The minimum absolute atomic E-state index is 0.506. The maximum absolute atomic E-state index is 5.99. The first kappa shape index (κ1) is 9.87. The van der Waals surface area contributed by atoms with Crippen molar-refractivity contribution >= 4 is 38.4 Å². The molecule has 0 amide bonds. The molecular weight excluding hydrogens is 263 g/mol. The molecule has 0 spiro atoms. The SMILES string of the molecule is CCc1cc(Br)cc2c(Cl)ncnc12. The molecule has 0 N–H and O–H groups in total. The lowest BCUT2D eigenvalue weighted by molar-refractivity contribution is 1.12. The molecule has 0 unspecified atom stereocenters. The van der Waals surface area contributed by atoms with Crippen LogP contribution >= 0.6 is 27.5 Å². The number of aryl methyl sites for hydroxylation is 1. The molecule has 2 nitrogen and oxygen atoms in total. The van der Waals surface area contributed by atoms with E-state index in [-0.39, 0.29) is 0 Å². The monoisotopic (exact) mass is 270 g/mol. The third-order valence-corrected chi connectivity index (χ3v) is 2.87. The molecule has 4 heteroatoms. The Hall–Kier alpha value is -0.670. The van der Waals surface area contributed by atoms with Crippen molar-refractivity contribution in [1.82, 2.24) is 9.97 Å². The van der Waals surface area contributed by atoms with Gasteiger partial charge in [0.15, 0.2) is 0 Å². The first-order valence-corrected chi connectivity index (χ1v) is 5.48. The second-order valence-corrected chi connectivity index (χ2v) is 4.25. The van der Waals surface area contributed by atoms with Crippen LogP contribution in [0.15, 0.2) is 22.9 Å². The van der Waals surface area contributed by atoms with Crippen LogP contribution in [-0.2, 0) is 6.42 Å². The van der Waals surface area contributed by atoms with Gasteiger partial charge in [0, 0.05) is 9.86 Å². The summed E-state index contributed by atoms with van der Waals surface area (Å²) < 4.78 is 1.01. The highest BCUT2D eigenvalue weighted by atomic mass is 79.9. The lowest BCUT2D eigenvalue weighted by atomic mass is 10.1. The zero-order valence-electron chi connectivity index (χ0n) is 7.59. The van der Waals surface area contributed by atoms with Gasteiger partial charge < -0.3 is 0 Å². The van der Waals surface area contributed by atoms with E-state index in [2.05, 4.69) is 38.9 Å². The zero-order chi connectivity index (χ0) is 10.1. The van der Waals surface area contributed by atoms with Crippen molar-refractivity contribution in [3.05, 3.63) is 33.6 Å². The number of rotatable bonds is 1. The van der Waals surface area contributed by atoms with Gasteiger partial charge in [-0.2, -0.15) is 0 Å². The van der Waals surface area contributed by atoms with Crippen LogP contribution in [-0.4, -0.2) is 9.97 Å². The standard InChI is InChI=1S/C10H8BrClN2/c1-2-6-3-7(11)4-8-9(6)13-5-14-10(8)12/h3-5H,2H2,1H3. The molecule has 1 aromatic heterocycles. The Kier molecular flexibility index (Phi) is 2.70. The second kappa shape index (κ2) is 3.83. The largest absolute Gasteiger partial charge is 0.236 e. The summed E-state index contributed by atoms with van der Waals surface area (Å²) in [6.45, 7) is 2.09. The quantitative estimate of drug-likeness (QED) is 0.741. The van der Waals surface area contributed by atoms with E-state index in [1.165, 1.54) is 11.9 Å². The Morgan fingerprint density at radius 1 is 1.36 bits per heavy atom. The van der Waals surface area contributed by atoms with Crippen molar-refractivity contribution in [1.29, 1.82) is 0 Å². The topological polar surface area (TPSA) is 25.8 Å². The fourth-order valence-corrected chi connectivity index (χ4v) is 2.13. The maximum atomic E-state index is 5.99. The molecule has 0 bridgehead atoms. The second-order valence-electron chi connectivity index (χ2n) is 2.98. The predicted octanol–water partition coefficient (Wildman–Crippen LogP) is 3.61. The Balaban J connectivity index is 2.87. The molecule has 0 atom stereocenters. The Labute approximate surface area is 95.5 Å². The van der Waals surface area contributed by atoms with Gasteiger partial charge in [0.25, 0.3) is 0 Å². The highest BCUT2D eigenvalue weighted by Crippen LogP contribution is 2.26. The molecule has 72 valence electrons. The normalized spacial score (nSPS) is 10.8.